The molecule has 1 heterocycles. The van der Waals surface area contributed by atoms with Crippen LogP contribution in [0.25, 0.3) is 0 Å². The van der Waals surface area contributed by atoms with Gasteiger partial charge in [-0.05, 0) is 31.9 Å². The summed E-state index contributed by atoms with van der Waals surface area (Å²) in [6, 6.07) is 11.4. The van der Waals surface area contributed by atoms with Crippen LogP contribution >= 0.6 is 0 Å². The number of likely N-dealkylation sites (tertiary alicyclic amines) is 1. The first-order valence-corrected chi connectivity index (χ1v) is 8.66. The van der Waals surface area contributed by atoms with Crippen LogP contribution < -0.4 is 0 Å². The van der Waals surface area contributed by atoms with Crippen LogP contribution in [0.4, 0.5) is 0 Å². The van der Waals surface area contributed by atoms with Gasteiger partial charge in [0.2, 0.25) is 0 Å². The summed E-state index contributed by atoms with van der Waals surface area (Å²) in [5.41, 5.74) is 1.33. The molecule has 2 heteroatoms. The molecule has 0 spiro atoms. The van der Waals surface area contributed by atoms with Crippen molar-refractivity contribution in [1.82, 2.24) is 4.90 Å². The van der Waals surface area contributed by atoms with E-state index >= 15 is 0 Å². The Morgan fingerprint density at radius 2 is 1.81 bits per heavy atom. The number of unbranched alkanes of at least 4 members (excludes halogenated alkanes) is 4. The second kappa shape index (κ2) is 8.55. The molecular formula is C19H31NO. The summed E-state index contributed by atoms with van der Waals surface area (Å²) in [5.74, 6) is 0. The number of benzene rings is 1. The van der Waals surface area contributed by atoms with Gasteiger partial charge in [0.1, 0.15) is 0 Å². The zero-order valence-corrected chi connectivity index (χ0v) is 13.7. The van der Waals surface area contributed by atoms with Crippen molar-refractivity contribution >= 4 is 0 Å². The number of hydrogen-bond donors (Lipinski definition) is 1. The van der Waals surface area contributed by atoms with Crippen LogP contribution in [-0.2, 0) is 6.42 Å². The summed E-state index contributed by atoms with van der Waals surface area (Å²) in [6.07, 6.45) is 9.66. The van der Waals surface area contributed by atoms with Crippen LogP contribution in [0.5, 0.6) is 0 Å². The molecule has 21 heavy (non-hydrogen) atoms. The normalized spacial score (nSPS) is 26.3. The highest BCUT2D eigenvalue weighted by molar-refractivity contribution is 5.17. The number of aliphatic hydroxyl groups excluding tert-OH is 1. The van der Waals surface area contributed by atoms with Gasteiger partial charge < -0.3 is 5.11 Å². The summed E-state index contributed by atoms with van der Waals surface area (Å²) in [6.45, 7) is 2.26. The van der Waals surface area contributed by atoms with Gasteiger partial charge >= 0.3 is 0 Å². The zero-order chi connectivity index (χ0) is 15.1. The third-order valence-corrected chi connectivity index (χ3v) is 4.99. The number of likely N-dealkylation sites (N-methyl/N-ethyl adjacent to an activating group) is 1. The summed E-state index contributed by atoms with van der Waals surface area (Å²) < 4.78 is 0. The van der Waals surface area contributed by atoms with Crippen LogP contribution in [-0.4, -0.2) is 35.2 Å². The van der Waals surface area contributed by atoms with Gasteiger partial charge in [0.05, 0.1) is 6.10 Å². The van der Waals surface area contributed by atoms with Gasteiger partial charge in [-0.1, -0.05) is 69.4 Å². The van der Waals surface area contributed by atoms with Crippen LogP contribution in [0.1, 0.15) is 57.4 Å². The number of aliphatic hydroxyl groups is 1. The molecule has 1 fully saturated rings. The van der Waals surface area contributed by atoms with Crippen molar-refractivity contribution in [3.8, 4) is 0 Å². The Morgan fingerprint density at radius 3 is 2.52 bits per heavy atom. The van der Waals surface area contributed by atoms with E-state index in [2.05, 4.69) is 49.2 Å². The molecule has 2 nitrogen and oxygen atoms in total. The Hall–Kier alpha value is -0.860. The Balaban J connectivity index is 1.79. The molecule has 0 unspecified atom stereocenters. The highest BCUT2D eigenvalue weighted by Gasteiger charge is 2.37. The first kappa shape index (κ1) is 16.5. The molecule has 118 valence electrons. The fourth-order valence-electron chi connectivity index (χ4n) is 3.58. The molecule has 0 radical (unpaired) electrons. The second-order valence-electron chi connectivity index (χ2n) is 6.58. The van der Waals surface area contributed by atoms with Gasteiger partial charge in [0, 0.05) is 12.1 Å². The number of rotatable bonds is 8. The van der Waals surface area contributed by atoms with E-state index in [9.17, 15) is 5.11 Å². The topological polar surface area (TPSA) is 23.5 Å². The fourth-order valence-corrected chi connectivity index (χ4v) is 3.58. The smallest absolute Gasteiger partial charge is 0.0713 e. The van der Waals surface area contributed by atoms with Gasteiger partial charge in [-0.3, -0.25) is 4.90 Å². The predicted molar refractivity (Wildman–Crippen MR) is 89.5 cm³/mol. The quantitative estimate of drug-likeness (QED) is 0.731. The van der Waals surface area contributed by atoms with Crippen molar-refractivity contribution in [2.24, 2.45) is 0 Å². The van der Waals surface area contributed by atoms with Gasteiger partial charge in [0.25, 0.3) is 0 Å². The van der Waals surface area contributed by atoms with E-state index in [-0.39, 0.29) is 12.1 Å². The van der Waals surface area contributed by atoms with Crippen molar-refractivity contribution in [1.29, 1.82) is 0 Å². The molecule has 0 aromatic heterocycles. The molecule has 1 aromatic rings. The van der Waals surface area contributed by atoms with Crippen molar-refractivity contribution in [2.75, 3.05) is 7.05 Å². The molecule has 1 aliphatic heterocycles. The molecule has 0 aliphatic carbocycles. The predicted octanol–water partition coefficient (Wildman–Crippen LogP) is 4.02. The Labute approximate surface area is 130 Å². The van der Waals surface area contributed by atoms with E-state index < -0.39 is 0 Å². The highest BCUT2D eigenvalue weighted by Crippen LogP contribution is 2.28. The van der Waals surface area contributed by atoms with Crippen LogP contribution in [0, 0.1) is 0 Å². The van der Waals surface area contributed by atoms with Gasteiger partial charge in [-0.15, -0.1) is 0 Å². The van der Waals surface area contributed by atoms with Crippen LogP contribution in [0.15, 0.2) is 30.3 Å². The first-order chi connectivity index (χ1) is 10.2. The van der Waals surface area contributed by atoms with Gasteiger partial charge in [-0.25, -0.2) is 0 Å². The van der Waals surface area contributed by atoms with E-state index in [0.29, 0.717) is 6.04 Å². The molecule has 2 rings (SSSR count). The lowest BCUT2D eigenvalue weighted by atomic mass is 10.0. The second-order valence-corrected chi connectivity index (χ2v) is 6.58. The third kappa shape index (κ3) is 4.82. The minimum atomic E-state index is -0.171. The minimum absolute atomic E-state index is 0.171. The molecule has 1 saturated heterocycles. The molecule has 0 saturated carbocycles. The minimum Gasteiger partial charge on any atom is -0.391 e. The van der Waals surface area contributed by atoms with E-state index in [1.54, 1.807) is 0 Å². The summed E-state index contributed by atoms with van der Waals surface area (Å²) in [7, 11) is 2.19. The number of nitrogens with zero attached hydrogens (tertiary/aromatic N) is 1. The molecule has 0 bridgehead atoms. The lowest BCUT2D eigenvalue weighted by Gasteiger charge is -2.26. The number of hydrogen-bond acceptors (Lipinski definition) is 2. The highest BCUT2D eigenvalue weighted by atomic mass is 16.3. The third-order valence-electron chi connectivity index (χ3n) is 4.99. The van der Waals surface area contributed by atoms with Crippen molar-refractivity contribution < 1.29 is 5.11 Å². The maximum atomic E-state index is 10.4. The molecule has 0 amide bonds. The maximum Gasteiger partial charge on any atom is 0.0713 e. The van der Waals surface area contributed by atoms with Crippen molar-refractivity contribution in [3.05, 3.63) is 35.9 Å². The molecule has 1 N–H and O–H groups in total. The summed E-state index contributed by atoms with van der Waals surface area (Å²) in [4.78, 5) is 2.43. The van der Waals surface area contributed by atoms with E-state index in [0.717, 1.165) is 12.8 Å². The molecule has 1 aliphatic rings. The first-order valence-electron chi connectivity index (χ1n) is 8.66. The van der Waals surface area contributed by atoms with Gasteiger partial charge in [-0.2, -0.15) is 0 Å². The zero-order valence-electron chi connectivity index (χ0n) is 13.7. The lowest BCUT2D eigenvalue weighted by Crippen LogP contribution is -2.37. The lowest BCUT2D eigenvalue weighted by molar-refractivity contribution is 0.123. The van der Waals surface area contributed by atoms with E-state index in [1.807, 2.05) is 0 Å². The fraction of sp³-hybridized carbons (Fsp3) is 0.684. The summed E-state index contributed by atoms with van der Waals surface area (Å²) >= 11 is 0. The van der Waals surface area contributed by atoms with Gasteiger partial charge in [0.15, 0.2) is 0 Å². The van der Waals surface area contributed by atoms with E-state index in [4.69, 9.17) is 0 Å². The standard InChI is InChI=1S/C19H31NO/c1-3-4-5-6-10-13-17-15-19(21)18(20(17)2)14-16-11-8-7-9-12-16/h7-9,11-12,17-19,21H,3-6,10,13-15H2,1-2H3/t17-,18+,19+/m1/s1. The summed E-state index contributed by atoms with van der Waals surface area (Å²) in [5, 5.41) is 10.4. The molecular weight excluding hydrogens is 258 g/mol. The monoisotopic (exact) mass is 289 g/mol. The van der Waals surface area contributed by atoms with Crippen molar-refractivity contribution in [2.45, 2.75) is 76.5 Å². The Morgan fingerprint density at radius 1 is 1.10 bits per heavy atom. The maximum absolute atomic E-state index is 10.4. The largest absolute Gasteiger partial charge is 0.391 e. The van der Waals surface area contributed by atoms with Crippen LogP contribution in [0.2, 0.25) is 0 Å². The van der Waals surface area contributed by atoms with E-state index in [1.165, 1.54) is 44.1 Å². The average molecular weight is 289 g/mol. The average Bonchev–Trinajstić information content (AvgIpc) is 2.76. The SMILES string of the molecule is CCCCCCC[C@@H]1C[C@H](O)[C@H](Cc2ccccc2)N1C. The van der Waals surface area contributed by atoms with Crippen molar-refractivity contribution in [3.63, 3.8) is 0 Å². The molecule has 1 aromatic carbocycles. The molecule has 3 atom stereocenters. The van der Waals surface area contributed by atoms with Crippen LogP contribution in [0.3, 0.4) is 0 Å². The Kier molecular flexibility index (Phi) is 6.72. The Bertz CT molecular complexity index is 392.